The first-order chi connectivity index (χ1) is 18.2. The predicted molar refractivity (Wildman–Crippen MR) is 145 cm³/mol. The van der Waals surface area contributed by atoms with Crippen molar-refractivity contribution in [3.05, 3.63) is 47.3 Å². The van der Waals surface area contributed by atoms with Crippen LogP contribution in [0.25, 0.3) is 10.4 Å². The number of thiophene rings is 1. The minimum absolute atomic E-state index is 0.000845. The lowest BCUT2D eigenvalue weighted by Crippen LogP contribution is -2.56. The molecule has 1 saturated carbocycles. The van der Waals surface area contributed by atoms with Crippen LogP contribution in [0.2, 0.25) is 0 Å². The minimum atomic E-state index is -0.834. The number of hydrogen-bond donors (Lipinski definition) is 1. The Labute approximate surface area is 227 Å². The Kier molecular flexibility index (Phi) is 7.42. The van der Waals surface area contributed by atoms with Crippen molar-refractivity contribution in [1.29, 1.82) is 0 Å². The highest BCUT2D eigenvalue weighted by atomic mass is 32.1. The summed E-state index contributed by atoms with van der Waals surface area (Å²) in [5.74, 6) is -0.694. The van der Waals surface area contributed by atoms with Gasteiger partial charge >= 0.3 is 0 Å². The van der Waals surface area contributed by atoms with Gasteiger partial charge in [0, 0.05) is 24.1 Å². The molecule has 202 valence electrons. The number of nitrogens with zero attached hydrogens (tertiary/aromatic N) is 2. The quantitative estimate of drug-likeness (QED) is 0.556. The third-order valence-corrected chi connectivity index (χ3v) is 9.09. The Morgan fingerprint density at radius 2 is 1.87 bits per heavy atom. The number of hydrogen-bond acceptors (Lipinski definition) is 6. The molecule has 3 amide bonds. The number of ether oxygens (including phenoxy) is 1. The number of nitrogens with one attached hydrogen (secondary N) is 1. The second kappa shape index (κ2) is 10.6. The summed E-state index contributed by atoms with van der Waals surface area (Å²) in [5, 5.41) is 4.94. The van der Waals surface area contributed by atoms with Crippen molar-refractivity contribution >= 4 is 34.8 Å². The average molecular weight is 538 g/mol. The molecular weight excluding hydrogens is 502 g/mol. The first kappa shape index (κ1) is 26.6. The van der Waals surface area contributed by atoms with Crippen molar-refractivity contribution in [3.8, 4) is 10.4 Å². The van der Waals surface area contributed by atoms with E-state index in [1.165, 1.54) is 0 Å². The Morgan fingerprint density at radius 3 is 2.45 bits per heavy atom. The number of fused-ring (bicyclic) bond motifs is 1. The van der Waals surface area contributed by atoms with Crippen LogP contribution in [0.15, 0.2) is 41.8 Å². The van der Waals surface area contributed by atoms with E-state index in [9.17, 15) is 19.2 Å². The zero-order valence-corrected chi connectivity index (χ0v) is 23.0. The van der Waals surface area contributed by atoms with Crippen molar-refractivity contribution in [2.45, 2.75) is 69.7 Å². The van der Waals surface area contributed by atoms with Gasteiger partial charge in [-0.2, -0.15) is 0 Å². The van der Waals surface area contributed by atoms with E-state index in [2.05, 4.69) is 5.32 Å². The van der Waals surface area contributed by atoms with Crippen LogP contribution >= 0.6 is 11.3 Å². The average Bonchev–Trinajstić information content (AvgIpc) is 3.62. The number of carbonyl (C=O) groups is 4. The molecule has 1 aliphatic carbocycles. The molecule has 8 nitrogen and oxygen atoms in total. The topological polar surface area (TPSA) is 96.0 Å². The number of rotatable bonds is 8. The number of amides is 3. The van der Waals surface area contributed by atoms with Crippen LogP contribution in [0.4, 0.5) is 0 Å². The molecule has 2 aliphatic heterocycles. The van der Waals surface area contributed by atoms with Gasteiger partial charge in [-0.1, -0.05) is 32.0 Å². The van der Waals surface area contributed by atoms with Gasteiger partial charge in [-0.3, -0.25) is 19.2 Å². The Balaban J connectivity index is 1.30. The molecule has 2 saturated heterocycles. The lowest BCUT2D eigenvalue weighted by Gasteiger charge is -2.42. The van der Waals surface area contributed by atoms with Gasteiger partial charge < -0.3 is 19.9 Å². The molecule has 9 heteroatoms. The molecule has 1 N–H and O–H groups in total. The second-order valence-electron chi connectivity index (χ2n) is 11.0. The zero-order valence-electron chi connectivity index (χ0n) is 22.1. The van der Waals surface area contributed by atoms with Gasteiger partial charge in [0.05, 0.1) is 12.6 Å². The molecular formula is C29H35N3O5S. The van der Waals surface area contributed by atoms with Gasteiger partial charge in [0.25, 0.3) is 11.8 Å². The van der Waals surface area contributed by atoms with E-state index in [0.717, 1.165) is 16.9 Å². The van der Waals surface area contributed by atoms with Crippen molar-refractivity contribution in [3.63, 3.8) is 0 Å². The first-order valence-corrected chi connectivity index (χ1v) is 14.3. The van der Waals surface area contributed by atoms with Gasteiger partial charge in [0.1, 0.15) is 17.7 Å². The van der Waals surface area contributed by atoms with Crippen molar-refractivity contribution in [2.75, 3.05) is 20.2 Å². The molecule has 3 fully saturated rings. The van der Waals surface area contributed by atoms with E-state index in [1.54, 1.807) is 40.4 Å². The van der Waals surface area contributed by atoms with E-state index in [-0.39, 0.29) is 42.0 Å². The highest BCUT2D eigenvalue weighted by Crippen LogP contribution is 2.40. The van der Waals surface area contributed by atoms with Crippen LogP contribution in [0.5, 0.6) is 0 Å². The maximum absolute atomic E-state index is 13.8. The van der Waals surface area contributed by atoms with Gasteiger partial charge in [-0.25, -0.2) is 0 Å². The van der Waals surface area contributed by atoms with Gasteiger partial charge in [-0.15, -0.1) is 11.3 Å². The summed E-state index contributed by atoms with van der Waals surface area (Å²) in [5.41, 5.74) is 0.676. The normalized spacial score (nSPS) is 22.8. The third-order valence-electron chi connectivity index (χ3n) is 8.17. The molecule has 3 aliphatic rings. The minimum Gasteiger partial charge on any atom is -0.368 e. The largest absolute Gasteiger partial charge is 0.368 e. The van der Waals surface area contributed by atoms with E-state index in [4.69, 9.17) is 4.74 Å². The number of benzene rings is 1. The number of ketones is 1. The lowest BCUT2D eigenvalue weighted by molar-refractivity contribution is -0.167. The summed E-state index contributed by atoms with van der Waals surface area (Å²) in [6.45, 7) is 4.38. The Morgan fingerprint density at radius 1 is 1.13 bits per heavy atom. The van der Waals surface area contributed by atoms with E-state index < -0.39 is 17.7 Å². The fraction of sp³-hybridized carbons (Fsp3) is 0.517. The summed E-state index contributed by atoms with van der Waals surface area (Å²) in [7, 11) is 1.55. The highest BCUT2D eigenvalue weighted by Gasteiger charge is 2.56. The summed E-state index contributed by atoms with van der Waals surface area (Å²) in [4.78, 5) is 57.7. The smallest absolute Gasteiger partial charge is 0.255 e. The third kappa shape index (κ3) is 4.78. The van der Waals surface area contributed by atoms with E-state index >= 15 is 0 Å². The van der Waals surface area contributed by atoms with Crippen molar-refractivity contribution < 1.29 is 23.9 Å². The van der Waals surface area contributed by atoms with E-state index in [0.29, 0.717) is 37.8 Å². The first-order valence-electron chi connectivity index (χ1n) is 13.4. The molecule has 0 radical (unpaired) electrons. The number of methoxy groups -OCH3 is 1. The predicted octanol–water partition coefficient (Wildman–Crippen LogP) is 3.51. The zero-order chi connectivity index (χ0) is 27.0. The molecule has 1 aromatic heterocycles. The van der Waals surface area contributed by atoms with Crippen LogP contribution in [-0.2, 0) is 19.1 Å². The van der Waals surface area contributed by atoms with Gasteiger partial charge in [0.2, 0.25) is 5.91 Å². The summed E-state index contributed by atoms with van der Waals surface area (Å²) < 4.78 is 5.57. The molecule has 3 unspecified atom stereocenters. The Hall–Kier alpha value is -3.04. The summed E-state index contributed by atoms with van der Waals surface area (Å²) >= 11 is 1.63. The van der Waals surface area contributed by atoms with Crippen molar-refractivity contribution in [2.24, 2.45) is 5.92 Å². The molecule has 38 heavy (non-hydrogen) atoms. The maximum atomic E-state index is 13.8. The molecule has 1 aromatic carbocycles. The van der Waals surface area contributed by atoms with Crippen LogP contribution in [-0.4, -0.2) is 77.2 Å². The molecule has 2 aromatic rings. The standard InChI is InChI=1S/C29H35N3O5S/c1-18(2)16-21(30-26(34)20-9-7-19(8-10-20)24-6-4-15-38-24)27(35)31-14-11-22-25(31)23(33)17-32(22)28(36)29(37-3)12-5-13-29/h4,6-10,15,18,21-22,25H,5,11-14,16-17H2,1-3H3,(H,30,34). The van der Waals surface area contributed by atoms with Gasteiger partial charge in [0.15, 0.2) is 5.78 Å². The molecule has 3 heterocycles. The molecule has 0 bridgehead atoms. The Bertz CT molecular complexity index is 1200. The van der Waals surface area contributed by atoms with Crippen LogP contribution in [0.3, 0.4) is 0 Å². The summed E-state index contributed by atoms with van der Waals surface area (Å²) in [6, 6.07) is 9.59. The second-order valence-corrected chi connectivity index (χ2v) is 11.9. The van der Waals surface area contributed by atoms with Crippen molar-refractivity contribution in [1.82, 2.24) is 15.1 Å². The van der Waals surface area contributed by atoms with Gasteiger partial charge in [-0.05, 0) is 67.2 Å². The number of Topliss-reactive ketones (excluding diaryl/α,β-unsaturated/α-hetero) is 1. The van der Waals surface area contributed by atoms with E-state index in [1.807, 2.05) is 43.5 Å². The molecule has 3 atom stereocenters. The monoisotopic (exact) mass is 537 g/mol. The lowest BCUT2D eigenvalue weighted by atomic mass is 9.78. The van der Waals surface area contributed by atoms with Crippen LogP contribution in [0, 0.1) is 5.92 Å². The highest BCUT2D eigenvalue weighted by molar-refractivity contribution is 7.13. The fourth-order valence-corrected chi connectivity index (χ4v) is 6.70. The molecule has 0 spiro atoms. The number of carbonyl (C=O) groups excluding carboxylic acids is 4. The van der Waals surface area contributed by atoms with Crippen LogP contribution < -0.4 is 5.32 Å². The number of likely N-dealkylation sites (tertiary alicyclic amines) is 2. The van der Waals surface area contributed by atoms with Crippen LogP contribution in [0.1, 0.15) is 56.3 Å². The molecule has 5 rings (SSSR count). The summed E-state index contributed by atoms with van der Waals surface area (Å²) in [6.07, 6.45) is 3.23. The SMILES string of the molecule is COC1(C(=O)N2CC(=O)C3C2CCN3C(=O)C(CC(C)C)NC(=O)c2ccc(-c3cccs3)cc2)CCC1. The fourth-order valence-electron chi connectivity index (χ4n) is 5.97. The maximum Gasteiger partial charge on any atom is 0.255 e.